The highest BCUT2D eigenvalue weighted by molar-refractivity contribution is 5.76. The molecule has 0 bridgehead atoms. The van der Waals surface area contributed by atoms with Crippen molar-refractivity contribution in [2.75, 3.05) is 0 Å². The first-order valence-electron chi connectivity index (χ1n) is 3.55. The molecule has 0 aromatic heterocycles. The molecule has 0 spiro atoms. The minimum absolute atomic E-state index is 0.213. The van der Waals surface area contributed by atoms with E-state index in [1.54, 1.807) is 6.92 Å². The fourth-order valence-corrected chi connectivity index (χ4v) is 0.691. The van der Waals surface area contributed by atoms with E-state index in [9.17, 15) is 4.79 Å². The summed E-state index contributed by atoms with van der Waals surface area (Å²) in [7, 11) is 0. The molecule has 0 aliphatic rings. The molecule has 0 aliphatic carbocycles. The summed E-state index contributed by atoms with van der Waals surface area (Å²) in [6.07, 6.45) is 0.770. The Morgan fingerprint density at radius 1 is 1.70 bits per heavy atom. The summed E-state index contributed by atoms with van der Waals surface area (Å²) in [4.78, 5) is 10.5. The molecule has 60 valence electrons. The molecule has 3 N–H and O–H groups in total. The Morgan fingerprint density at radius 2 is 2.20 bits per heavy atom. The van der Waals surface area contributed by atoms with Crippen molar-refractivity contribution in [3.63, 3.8) is 0 Å². The van der Waals surface area contributed by atoms with Gasteiger partial charge in [-0.1, -0.05) is 13.8 Å². The Hall–Kier alpha value is -0.570. The van der Waals surface area contributed by atoms with Crippen molar-refractivity contribution in [3.8, 4) is 0 Å². The Balaban J connectivity index is 3.56. The van der Waals surface area contributed by atoms with E-state index in [2.05, 4.69) is 0 Å². The van der Waals surface area contributed by atoms with Crippen LogP contribution in [0.15, 0.2) is 0 Å². The quantitative estimate of drug-likeness (QED) is 0.596. The van der Waals surface area contributed by atoms with Crippen LogP contribution >= 0.6 is 0 Å². The molecule has 0 aromatic rings. The number of hydrogen-bond donors (Lipinski definition) is 2. The first-order valence-corrected chi connectivity index (χ1v) is 3.55. The molecule has 0 fully saturated rings. The first kappa shape index (κ1) is 9.43. The molecule has 3 heteroatoms. The number of aliphatic hydroxyl groups excluding tert-OH is 1. The minimum atomic E-state index is -0.387. The van der Waals surface area contributed by atoms with Gasteiger partial charge >= 0.3 is 0 Å². The standard InChI is InChI=1S/C7H15NO2/c1-3-6(9)4-5(2)7(8)10/h5-6,9H,3-4H2,1-2H3,(H2,8,10)/t5?,6-/m0/s1. The van der Waals surface area contributed by atoms with Crippen LogP contribution < -0.4 is 5.73 Å². The molecule has 1 amide bonds. The monoisotopic (exact) mass is 145 g/mol. The lowest BCUT2D eigenvalue weighted by Crippen LogP contribution is -2.24. The number of carbonyl (C=O) groups is 1. The summed E-state index contributed by atoms with van der Waals surface area (Å²) in [5.74, 6) is -0.553. The molecular formula is C7H15NO2. The fraction of sp³-hybridized carbons (Fsp3) is 0.857. The maximum atomic E-state index is 10.5. The maximum Gasteiger partial charge on any atom is 0.220 e. The third kappa shape index (κ3) is 3.45. The van der Waals surface area contributed by atoms with Crippen molar-refractivity contribution >= 4 is 5.91 Å². The van der Waals surface area contributed by atoms with E-state index in [0.29, 0.717) is 12.8 Å². The van der Waals surface area contributed by atoms with E-state index in [-0.39, 0.29) is 17.9 Å². The van der Waals surface area contributed by atoms with Gasteiger partial charge in [0.1, 0.15) is 0 Å². The molecule has 0 radical (unpaired) electrons. The molecular weight excluding hydrogens is 130 g/mol. The molecule has 0 aromatic carbocycles. The Morgan fingerprint density at radius 3 is 2.50 bits per heavy atom. The summed E-state index contributed by atoms with van der Waals surface area (Å²) in [6.45, 7) is 3.60. The third-order valence-electron chi connectivity index (χ3n) is 1.58. The first-order chi connectivity index (χ1) is 4.57. The fourth-order valence-electron chi connectivity index (χ4n) is 0.691. The van der Waals surface area contributed by atoms with Gasteiger partial charge in [0.05, 0.1) is 6.10 Å². The molecule has 3 nitrogen and oxygen atoms in total. The van der Waals surface area contributed by atoms with Gasteiger partial charge in [-0.2, -0.15) is 0 Å². The SMILES string of the molecule is CC[C@H](O)CC(C)C(N)=O. The zero-order chi connectivity index (χ0) is 8.15. The number of aliphatic hydroxyl groups is 1. The number of amides is 1. The summed E-state index contributed by atoms with van der Waals surface area (Å²) >= 11 is 0. The Bertz CT molecular complexity index is 114. The molecule has 2 atom stereocenters. The van der Waals surface area contributed by atoms with Gasteiger partial charge in [0, 0.05) is 5.92 Å². The highest BCUT2D eigenvalue weighted by Crippen LogP contribution is 2.06. The van der Waals surface area contributed by atoms with Gasteiger partial charge in [-0.3, -0.25) is 4.79 Å². The van der Waals surface area contributed by atoms with Crippen molar-refractivity contribution in [3.05, 3.63) is 0 Å². The van der Waals surface area contributed by atoms with E-state index >= 15 is 0 Å². The largest absolute Gasteiger partial charge is 0.393 e. The summed E-state index contributed by atoms with van der Waals surface area (Å²) in [6, 6.07) is 0. The van der Waals surface area contributed by atoms with E-state index in [0.717, 1.165) is 0 Å². The normalized spacial score (nSPS) is 16.3. The lowest BCUT2D eigenvalue weighted by Gasteiger charge is -2.10. The number of rotatable bonds is 4. The average molecular weight is 145 g/mol. The van der Waals surface area contributed by atoms with Gasteiger partial charge in [0.15, 0.2) is 0 Å². The second-order valence-electron chi connectivity index (χ2n) is 2.60. The van der Waals surface area contributed by atoms with Gasteiger partial charge < -0.3 is 10.8 Å². The predicted molar refractivity (Wildman–Crippen MR) is 39.3 cm³/mol. The van der Waals surface area contributed by atoms with Crippen LogP contribution in [0.25, 0.3) is 0 Å². The van der Waals surface area contributed by atoms with Crippen LogP contribution in [0.3, 0.4) is 0 Å². The summed E-state index contributed by atoms with van der Waals surface area (Å²) < 4.78 is 0. The zero-order valence-corrected chi connectivity index (χ0v) is 6.50. The lowest BCUT2D eigenvalue weighted by molar-refractivity contribution is -0.122. The highest BCUT2D eigenvalue weighted by Gasteiger charge is 2.12. The molecule has 0 rings (SSSR count). The molecule has 0 aliphatic heterocycles. The zero-order valence-electron chi connectivity index (χ0n) is 6.50. The van der Waals surface area contributed by atoms with Crippen molar-refractivity contribution in [2.45, 2.75) is 32.8 Å². The van der Waals surface area contributed by atoms with Gasteiger partial charge in [-0.05, 0) is 12.8 Å². The van der Waals surface area contributed by atoms with Crippen molar-refractivity contribution < 1.29 is 9.90 Å². The average Bonchev–Trinajstić information content (AvgIpc) is 1.87. The van der Waals surface area contributed by atoms with Crippen molar-refractivity contribution in [1.82, 2.24) is 0 Å². The minimum Gasteiger partial charge on any atom is -0.393 e. The van der Waals surface area contributed by atoms with Crippen LogP contribution in [-0.4, -0.2) is 17.1 Å². The number of hydrogen-bond acceptors (Lipinski definition) is 2. The van der Waals surface area contributed by atoms with Crippen molar-refractivity contribution in [1.29, 1.82) is 0 Å². The van der Waals surface area contributed by atoms with Gasteiger partial charge in [-0.15, -0.1) is 0 Å². The van der Waals surface area contributed by atoms with Gasteiger partial charge in [-0.25, -0.2) is 0 Å². The molecule has 0 heterocycles. The molecule has 0 saturated heterocycles. The van der Waals surface area contributed by atoms with Crippen LogP contribution in [-0.2, 0) is 4.79 Å². The van der Waals surface area contributed by atoms with Crippen LogP contribution in [0.4, 0.5) is 0 Å². The van der Waals surface area contributed by atoms with Crippen molar-refractivity contribution in [2.24, 2.45) is 11.7 Å². The second-order valence-corrected chi connectivity index (χ2v) is 2.60. The number of nitrogens with two attached hydrogens (primary N) is 1. The predicted octanol–water partition coefficient (Wildman–Crippen LogP) is 0.269. The maximum absolute atomic E-state index is 10.5. The van der Waals surface area contributed by atoms with Crippen LogP contribution in [0.2, 0.25) is 0 Å². The molecule has 1 unspecified atom stereocenters. The van der Waals surface area contributed by atoms with E-state index in [4.69, 9.17) is 10.8 Å². The van der Waals surface area contributed by atoms with Gasteiger partial charge in [0.2, 0.25) is 5.91 Å². The Labute approximate surface area is 61.2 Å². The van der Waals surface area contributed by atoms with E-state index < -0.39 is 0 Å². The van der Waals surface area contributed by atoms with Gasteiger partial charge in [0.25, 0.3) is 0 Å². The smallest absolute Gasteiger partial charge is 0.220 e. The van der Waals surface area contributed by atoms with Crippen LogP contribution in [0.1, 0.15) is 26.7 Å². The molecule has 0 saturated carbocycles. The third-order valence-corrected chi connectivity index (χ3v) is 1.58. The number of primary amides is 1. The topological polar surface area (TPSA) is 63.3 Å². The van der Waals surface area contributed by atoms with Crippen LogP contribution in [0.5, 0.6) is 0 Å². The molecule has 10 heavy (non-hydrogen) atoms. The van der Waals surface area contributed by atoms with E-state index in [1.807, 2.05) is 6.92 Å². The lowest BCUT2D eigenvalue weighted by atomic mass is 10.0. The summed E-state index contributed by atoms with van der Waals surface area (Å²) in [5.41, 5.74) is 4.99. The second kappa shape index (κ2) is 4.28. The number of carbonyl (C=O) groups excluding carboxylic acids is 1. The Kier molecular flexibility index (Phi) is 4.03. The van der Waals surface area contributed by atoms with E-state index in [1.165, 1.54) is 0 Å². The van der Waals surface area contributed by atoms with Crippen LogP contribution in [0, 0.1) is 5.92 Å². The highest BCUT2D eigenvalue weighted by atomic mass is 16.3. The summed E-state index contributed by atoms with van der Waals surface area (Å²) in [5, 5.41) is 9.07.